The van der Waals surface area contributed by atoms with Gasteiger partial charge in [0.15, 0.2) is 0 Å². The molecule has 2 aliphatic rings. The highest BCUT2D eigenvalue weighted by Crippen LogP contribution is 2.41. The average Bonchev–Trinajstić information content (AvgIpc) is 3.23. The predicted molar refractivity (Wildman–Crippen MR) is 95.6 cm³/mol. The molecule has 1 aromatic carbocycles. The fraction of sp³-hybridized carbons (Fsp3) is 0.350. The van der Waals surface area contributed by atoms with E-state index in [9.17, 15) is 4.79 Å². The maximum absolute atomic E-state index is 11.9. The first-order valence-electron chi connectivity index (χ1n) is 8.76. The van der Waals surface area contributed by atoms with E-state index in [-0.39, 0.29) is 5.91 Å². The van der Waals surface area contributed by atoms with Crippen molar-refractivity contribution in [3.63, 3.8) is 0 Å². The van der Waals surface area contributed by atoms with Gasteiger partial charge in [-0.2, -0.15) is 5.26 Å². The van der Waals surface area contributed by atoms with Crippen molar-refractivity contribution in [1.29, 1.82) is 5.26 Å². The molecular formula is C20H20N4O. The zero-order chi connectivity index (χ0) is 17.2. The Hall–Kier alpha value is -2.87. The number of rotatable bonds is 4. The van der Waals surface area contributed by atoms with Crippen LogP contribution >= 0.6 is 0 Å². The summed E-state index contributed by atoms with van der Waals surface area (Å²) in [7, 11) is 0. The Balaban J connectivity index is 1.54. The number of pyridine rings is 1. The van der Waals surface area contributed by atoms with E-state index in [0.29, 0.717) is 17.9 Å². The van der Waals surface area contributed by atoms with Gasteiger partial charge in [0, 0.05) is 43.9 Å². The molecule has 5 heteroatoms. The van der Waals surface area contributed by atoms with Crippen LogP contribution in [0, 0.1) is 11.3 Å². The van der Waals surface area contributed by atoms with Gasteiger partial charge in [0.05, 0.1) is 5.56 Å². The summed E-state index contributed by atoms with van der Waals surface area (Å²) in [6, 6.07) is 14.2. The molecule has 1 aromatic heterocycles. The van der Waals surface area contributed by atoms with E-state index >= 15 is 0 Å². The lowest BCUT2D eigenvalue weighted by Crippen LogP contribution is -2.27. The number of anilines is 2. The van der Waals surface area contributed by atoms with Gasteiger partial charge < -0.3 is 9.80 Å². The average molecular weight is 332 g/mol. The summed E-state index contributed by atoms with van der Waals surface area (Å²) in [4.78, 5) is 20.5. The van der Waals surface area contributed by atoms with Crippen LogP contribution in [0.5, 0.6) is 0 Å². The van der Waals surface area contributed by atoms with Gasteiger partial charge in [-0.3, -0.25) is 4.79 Å². The first kappa shape index (κ1) is 15.6. The molecule has 1 saturated heterocycles. The number of amides is 1. The standard InChI is InChI=1S/C20H20N4O/c21-12-15-7-8-19(22-13-15)24-14-16(17-4-1-2-5-18(17)24)9-11-23-10-3-6-20(23)25/h1-2,4-5,7-8,13,16H,3,6,9-11,14H2. The molecule has 2 aromatic rings. The molecule has 0 saturated carbocycles. The first-order valence-corrected chi connectivity index (χ1v) is 8.76. The van der Waals surface area contributed by atoms with Gasteiger partial charge in [0.1, 0.15) is 11.9 Å². The van der Waals surface area contributed by atoms with Crippen molar-refractivity contribution in [2.24, 2.45) is 0 Å². The van der Waals surface area contributed by atoms with Crippen LogP contribution in [0.2, 0.25) is 0 Å². The Morgan fingerprint density at radius 2 is 2.12 bits per heavy atom. The van der Waals surface area contributed by atoms with Crippen molar-refractivity contribution in [1.82, 2.24) is 9.88 Å². The molecule has 5 nitrogen and oxygen atoms in total. The number of hydrogen-bond donors (Lipinski definition) is 0. The topological polar surface area (TPSA) is 60.2 Å². The summed E-state index contributed by atoms with van der Waals surface area (Å²) in [5.41, 5.74) is 3.07. The number of nitrogens with zero attached hydrogens (tertiary/aromatic N) is 4. The SMILES string of the molecule is N#Cc1ccc(N2CC(CCN3CCCC3=O)c3ccccc32)nc1. The van der Waals surface area contributed by atoms with Crippen molar-refractivity contribution in [2.45, 2.75) is 25.2 Å². The highest BCUT2D eigenvalue weighted by molar-refractivity contribution is 5.78. The van der Waals surface area contributed by atoms with Gasteiger partial charge in [0.25, 0.3) is 0 Å². The van der Waals surface area contributed by atoms with Gasteiger partial charge >= 0.3 is 0 Å². The normalized spacial score (nSPS) is 19.2. The van der Waals surface area contributed by atoms with E-state index in [4.69, 9.17) is 5.26 Å². The number of carbonyl (C=O) groups is 1. The number of aromatic nitrogens is 1. The zero-order valence-electron chi connectivity index (χ0n) is 14.1. The van der Waals surface area contributed by atoms with E-state index in [1.807, 2.05) is 17.0 Å². The van der Waals surface area contributed by atoms with Gasteiger partial charge in [-0.25, -0.2) is 4.98 Å². The molecule has 0 N–H and O–H groups in total. The second-order valence-electron chi connectivity index (χ2n) is 6.66. The largest absolute Gasteiger partial charge is 0.343 e. The number of para-hydroxylation sites is 1. The minimum atomic E-state index is 0.289. The number of nitriles is 1. The number of fused-ring (bicyclic) bond motifs is 1. The predicted octanol–water partition coefficient (Wildman–Crippen LogP) is 3.20. The quantitative estimate of drug-likeness (QED) is 0.862. The van der Waals surface area contributed by atoms with Crippen LogP contribution in [0.3, 0.4) is 0 Å². The van der Waals surface area contributed by atoms with Crippen molar-refractivity contribution < 1.29 is 4.79 Å². The van der Waals surface area contributed by atoms with Gasteiger partial charge in [-0.15, -0.1) is 0 Å². The van der Waals surface area contributed by atoms with E-state index < -0.39 is 0 Å². The molecule has 0 spiro atoms. The van der Waals surface area contributed by atoms with Crippen LogP contribution in [-0.4, -0.2) is 35.4 Å². The number of hydrogen-bond acceptors (Lipinski definition) is 4. The molecule has 2 aliphatic heterocycles. The summed E-state index contributed by atoms with van der Waals surface area (Å²) in [5.74, 6) is 1.55. The lowest BCUT2D eigenvalue weighted by atomic mass is 9.98. The molecule has 0 aliphatic carbocycles. The smallest absolute Gasteiger partial charge is 0.222 e. The summed E-state index contributed by atoms with van der Waals surface area (Å²) in [6.45, 7) is 2.58. The van der Waals surface area contributed by atoms with Crippen LogP contribution < -0.4 is 4.90 Å². The highest BCUT2D eigenvalue weighted by Gasteiger charge is 2.31. The Bertz CT molecular complexity index is 824. The maximum Gasteiger partial charge on any atom is 0.222 e. The molecule has 1 amide bonds. The molecule has 0 bridgehead atoms. The Kier molecular flexibility index (Phi) is 4.10. The van der Waals surface area contributed by atoms with Crippen LogP contribution in [-0.2, 0) is 4.79 Å². The third-order valence-corrected chi connectivity index (χ3v) is 5.14. The molecule has 4 rings (SSSR count). The van der Waals surface area contributed by atoms with Crippen LogP contribution in [0.15, 0.2) is 42.6 Å². The summed E-state index contributed by atoms with van der Waals surface area (Å²) < 4.78 is 0. The van der Waals surface area contributed by atoms with Gasteiger partial charge in [-0.1, -0.05) is 18.2 Å². The fourth-order valence-electron chi connectivity index (χ4n) is 3.82. The Labute approximate surface area is 147 Å². The van der Waals surface area contributed by atoms with Crippen molar-refractivity contribution in [2.75, 3.05) is 24.5 Å². The summed E-state index contributed by atoms with van der Waals surface area (Å²) >= 11 is 0. The van der Waals surface area contributed by atoms with Crippen LogP contribution in [0.25, 0.3) is 0 Å². The van der Waals surface area contributed by atoms with E-state index in [1.165, 1.54) is 11.3 Å². The third kappa shape index (κ3) is 2.96. The van der Waals surface area contributed by atoms with Crippen molar-refractivity contribution in [3.8, 4) is 6.07 Å². The van der Waals surface area contributed by atoms with Crippen molar-refractivity contribution in [3.05, 3.63) is 53.7 Å². The minimum Gasteiger partial charge on any atom is -0.343 e. The lowest BCUT2D eigenvalue weighted by molar-refractivity contribution is -0.127. The zero-order valence-corrected chi connectivity index (χ0v) is 14.1. The Morgan fingerprint density at radius 3 is 2.84 bits per heavy atom. The lowest BCUT2D eigenvalue weighted by Gasteiger charge is -2.20. The first-order chi connectivity index (χ1) is 12.3. The van der Waals surface area contributed by atoms with E-state index in [1.54, 1.807) is 12.3 Å². The monoisotopic (exact) mass is 332 g/mol. The molecule has 0 radical (unpaired) electrons. The number of benzene rings is 1. The molecule has 1 unspecified atom stereocenters. The summed E-state index contributed by atoms with van der Waals surface area (Å²) in [6.07, 6.45) is 4.27. The second kappa shape index (κ2) is 6.56. The van der Waals surface area contributed by atoms with Crippen LogP contribution in [0.1, 0.15) is 36.3 Å². The highest BCUT2D eigenvalue weighted by atomic mass is 16.2. The minimum absolute atomic E-state index is 0.289. The Morgan fingerprint density at radius 1 is 1.24 bits per heavy atom. The second-order valence-corrected chi connectivity index (χ2v) is 6.66. The number of carbonyl (C=O) groups excluding carboxylic acids is 1. The van der Waals surface area contributed by atoms with Gasteiger partial charge in [0.2, 0.25) is 5.91 Å². The molecule has 3 heterocycles. The van der Waals surface area contributed by atoms with Crippen molar-refractivity contribution >= 4 is 17.4 Å². The molecule has 1 fully saturated rings. The van der Waals surface area contributed by atoms with Gasteiger partial charge in [-0.05, 0) is 36.6 Å². The fourth-order valence-corrected chi connectivity index (χ4v) is 3.82. The number of likely N-dealkylation sites (tertiary alicyclic amines) is 1. The molecule has 25 heavy (non-hydrogen) atoms. The molecule has 126 valence electrons. The van der Waals surface area contributed by atoms with Crippen LogP contribution in [0.4, 0.5) is 11.5 Å². The molecular weight excluding hydrogens is 312 g/mol. The van der Waals surface area contributed by atoms with E-state index in [2.05, 4.69) is 34.2 Å². The maximum atomic E-state index is 11.9. The molecule has 1 atom stereocenters. The third-order valence-electron chi connectivity index (χ3n) is 5.14. The summed E-state index contributed by atoms with van der Waals surface area (Å²) in [5, 5.41) is 8.95. The van der Waals surface area contributed by atoms with E-state index in [0.717, 1.165) is 38.3 Å².